The maximum Gasteiger partial charge on any atom is 0.417 e. The second-order valence-corrected chi connectivity index (χ2v) is 9.11. The highest BCUT2D eigenvalue weighted by Gasteiger charge is 2.30. The number of hydrogen-bond donors (Lipinski definition) is 3. The summed E-state index contributed by atoms with van der Waals surface area (Å²) in [6.07, 6.45) is 8.03. The molecule has 0 aliphatic rings. The lowest BCUT2D eigenvalue weighted by atomic mass is 10.1. The van der Waals surface area contributed by atoms with Crippen LogP contribution >= 0.6 is 11.8 Å². The van der Waals surface area contributed by atoms with Crippen molar-refractivity contribution in [2.75, 3.05) is 23.9 Å². The highest BCUT2D eigenvalue weighted by molar-refractivity contribution is 7.99. The van der Waals surface area contributed by atoms with E-state index in [1.807, 2.05) is 0 Å². The van der Waals surface area contributed by atoms with Gasteiger partial charge in [0.2, 0.25) is 0 Å². The second kappa shape index (κ2) is 18.3. The first-order chi connectivity index (χ1) is 16.0. The van der Waals surface area contributed by atoms with Crippen molar-refractivity contribution in [1.29, 1.82) is 0 Å². The molecule has 0 fully saturated rings. The first-order valence-electron chi connectivity index (χ1n) is 11.1. The number of carbonyl (C=O) groups excluding carboxylic acids is 1. The molecule has 0 amide bonds. The molecule has 3 N–H and O–H groups in total. The maximum atomic E-state index is 12.6. The van der Waals surface area contributed by atoms with E-state index in [0.717, 1.165) is 50.0 Å². The number of anilines is 1. The lowest BCUT2D eigenvalue weighted by Gasteiger charge is -2.13. The van der Waals surface area contributed by atoms with Gasteiger partial charge in [0.25, 0.3) is 0 Å². The Bertz CT molecular complexity index is 788. The summed E-state index contributed by atoms with van der Waals surface area (Å²) in [5.41, 5.74) is 5.01. The Hall–Kier alpha value is -2.10. The van der Waals surface area contributed by atoms with Gasteiger partial charge in [0, 0.05) is 24.8 Å². The Balaban J connectivity index is 0.00000343. The number of pyridine rings is 1. The maximum absolute atomic E-state index is 12.6. The van der Waals surface area contributed by atoms with Gasteiger partial charge in [0.15, 0.2) is 0 Å². The van der Waals surface area contributed by atoms with E-state index in [9.17, 15) is 18.0 Å². The zero-order valence-corrected chi connectivity index (χ0v) is 21.5. The van der Waals surface area contributed by atoms with Crippen molar-refractivity contribution < 1.29 is 23.2 Å². The summed E-state index contributed by atoms with van der Waals surface area (Å²) in [6, 6.07) is 1.69. The van der Waals surface area contributed by atoms with Crippen LogP contribution in [0.5, 0.6) is 0 Å². The van der Waals surface area contributed by atoms with E-state index in [2.05, 4.69) is 56.2 Å². The third-order valence-electron chi connectivity index (χ3n) is 4.56. The quantitative estimate of drug-likeness (QED) is 0.119. The Kier molecular flexibility index (Phi) is 17.1. The van der Waals surface area contributed by atoms with Crippen molar-refractivity contribution in [2.24, 2.45) is 0 Å². The first-order valence-corrected chi connectivity index (χ1v) is 12.3. The molecule has 0 aromatic carbocycles. The Labute approximate surface area is 206 Å². The summed E-state index contributed by atoms with van der Waals surface area (Å²) in [7, 11) is 1.43. The Morgan fingerprint density at radius 1 is 1.09 bits per heavy atom. The van der Waals surface area contributed by atoms with Crippen LogP contribution in [0, 0.1) is 0 Å². The smallest absolute Gasteiger partial charge is 0.360 e. The van der Waals surface area contributed by atoms with Crippen LogP contribution in [0.4, 0.5) is 19.0 Å². The van der Waals surface area contributed by atoms with Gasteiger partial charge in [0.05, 0.1) is 11.6 Å². The fourth-order valence-electron chi connectivity index (χ4n) is 2.69. The normalized spacial score (nSPS) is 13.0. The van der Waals surface area contributed by atoms with Gasteiger partial charge in [-0.2, -0.15) is 24.9 Å². The average Bonchev–Trinajstić information content (AvgIpc) is 2.76. The summed E-state index contributed by atoms with van der Waals surface area (Å²) < 4.78 is 37.7. The fourth-order valence-corrected chi connectivity index (χ4v) is 3.64. The van der Waals surface area contributed by atoms with Gasteiger partial charge < -0.3 is 15.3 Å². The topological polar surface area (TPSA) is 74.2 Å². The van der Waals surface area contributed by atoms with Crippen LogP contribution in [0.2, 0.25) is 0 Å². The molecule has 1 aromatic rings. The summed E-state index contributed by atoms with van der Waals surface area (Å²) in [5.74, 6) is 1.55. The number of allylic oxidation sites excluding steroid dienone is 5. The van der Waals surface area contributed by atoms with Crippen LogP contribution < -0.4 is 10.8 Å². The van der Waals surface area contributed by atoms with Crippen LogP contribution in [0.25, 0.3) is 0 Å². The van der Waals surface area contributed by atoms with Crippen LogP contribution in [0.15, 0.2) is 53.3 Å². The molecular weight excluding hydrogens is 463 g/mol. The molecular formula is C25H38F3N3O2S. The van der Waals surface area contributed by atoms with E-state index in [-0.39, 0.29) is 5.82 Å². The zero-order chi connectivity index (χ0) is 26.0. The first kappa shape index (κ1) is 31.9. The molecule has 5 nitrogen and oxygen atoms in total. The number of nitrogens with zero attached hydrogens (tertiary/aromatic N) is 1. The number of carbonyl (C=O) groups is 1. The molecule has 0 bridgehead atoms. The molecule has 1 atom stereocenters. The molecule has 192 valence electrons. The van der Waals surface area contributed by atoms with E-state index in [0.29, 0.717) is 5.75 Å². The largest absolute Gasteiger partial charge is 0.417 e. The predicted octanol–water partition coefficient (Wildman–Crippen LogP) is 6.83. The molecule has 0 saturated carbocycles. The van der Waals surface area contributed by atoms with Crippen LogP contribution in [0.3, 0.4) is 0 Å². The van der Waals surface area contributed by atoms with Gasteiger partial charge in [-0.3, -0.25) is 0 Å². The molecule has 1 unspecified atom stereocenters. The van der Waals surface area contributed by atoms with Gasteiger partial charge in [-0.15, -0.1) is 0 Å². The number of hydroxylamine groups is 1. The fraction of sp³-hybridized carbons (Fsp3) is 0.520. The number of alkyl halides is 3. The molecule has 1 heterocycles. The third kappa shape index (κ3) is 16.5. The molecule has 0 saturated heterocycles. The summed E-state index contributed by atoms with van der Waals surface area (Å²) >= 11 is 1.59. The average molecular weight is 502 g/mol. The van der Waals surface area contributed by atoms with Crippen molar-refractivity contribution in [3.8, 4) is 0 Å². The minimum absolute atomic E-state index is 0.254. The van der Waals surface area contributed by atoms with Crippen molar-refractivity contribution in [3.63, 3.8) is 0 Å². The number of aldehydes is 1. The van der Waals surface area contributed by atoms with Crippen molar-refractivity contribution >= 4 is 23.9 Å². The van der Waals surface area contributed by atoms with Crippen LogP contribution in [-0.4, -0.2) is 41.1 Å². The molecule has 0 aliphatic heterocycles. The van der Waals surface area contributed by atoms with Gasteiger partial charge in [-0.1, -0.05) is 34.9 Å². The highest BCUT2D eigenvalue weighted by Crippen LogP contribution is 2.28. The van der Waals surface area contributed by atoms with E-state index < -0.39 is 17.8 Å². The monoisotopic (exact) mass is 501 g/mol. The summed E-state index contributed by atoms with van der Waals surface area (Å²) in [5, 5.41) is 10.2. The van der Waals surface area contributed by atoms with Gasteiger partial charge in [-0.05, 0) is 65.5 Å². The SMILES string of the molecule is CC(C)=CCC/C(C)=C/CC/C(C)=C/CSCC(C=O)Nc1ccc(C(F)(F)F)cn1.CNO. The van der Waals surface area contributed by atoms with E-state index in [4.69, 9.17) is 5.21 Å². The van der Waals surface area contributed by atoms with E-state index in [1.54, 1.807) is 17.2 Å². The lowest BCUT2D eigenvalue weighted by molar-refractivity contribution is -0.137. The summed E-state index contributed by atoms with van der Waals surface area (Å²) in [6.45, 7) is 8.51. The number of hydrogen-bond acceptors (Lipinski definition) is 6. The molecule has 9 heteroatoms. The number of nitrogens with one attached hydrogen (secondary N) is 2. The molecule has 34 heavy (non-hydrogen) atoms. The molecule has 1 aromatic heterocycles. The molecule has 1 rings (SSSR count). The summed E-state index contributed by atoms with van der Waals surface area (Å²) in [4.78, 5) is 15.0. The lowest BCUT2D eigenvalue weighted by Crippen LogP contribution is -2.24. The number of thioether (sulfide) groups is 1. The van der Waals surface area contributed by atoms with Crippen LogP contribution in [-0.2, 0) is 11.0 Å². The Morgan fingerprint density at radius 2 is 1.68 bits per heavy atom. The van der Waals surface area contributed by atoms with Gasteiger partial charge in [0.1, 0.15) is 12.1 Å². The van der Waals surface area contributed by atoms with Crippen molar-refractivity contribution in [3.05, 3.63) is 58.8 Å². The van der Waals surface area contributed by atoms with E-state index >= 15 is 0 Å². The standard InChI is InChI=1S/C24H33F3N2OS.CH5NO/c1-18(2)7-5-8-19(3)9-6-10-20(4)13-14-31-17-22(16-30)29-23-12-11-21(15-28-23)24(25,26)27;1-2-3/h7,9,11-13,15-16,22H,5-6,8,10,14,17H2,1-4H3,(H,28,29);2-3H,1H3/b19-9+,20-13+;. The van der Waals surface area contributed by atoms with E-state index in [1.165, 1.54) is 29.8 Å². The third-order valence-corrected chi connectivity index (χ3v) is 5.56. The van der Waals surface area contributed by atoms with Crippen molar-refractivity contribution in [1.82, 2.24) is 10.5 Å². The van der Waals surface area contributed by atoms with Crippen LogP contribution in [0.1, 0.15) is 58.9 Å². The number of halogens is 3. The highest BCUT2D eigenvalue weighted by atomic mass is 32.2. The molecule has 0 spiro atoms. The molecule has 0 aliphatic carbocycles. The zero-order valence-electron chi connectivity index (χ0n) is 20.7. The number of rotatable bonds is 13. The Morgan fingerprint density at radius 3 is 2.18 bits per heavy atom. The predicted molar refractivity (Wildman–Crippen MR) is 136 cm³/mol. The second-order valence-electron chi connectivity index (χ2n) is 8.04. The number of aromatic nitrogens is 1. The molecule has 0 radical (unpaired) electrons. The minimum atomic E-state index is -4.42. The van der Waals surface area contributed by atoms with Gasteiger partial charge in [-0.25, -0.2) is 10.5 Å². The minimum Gasteiger partial charge on any atom is -0.360 e. The van der Waals surface area contributed by atoms with Crippen molar-refractivity contribution in [2.45, 2.75) is 65.6 Å². The van der Waals surface area contributed by atoms with Gasteiger partial charge >= 0.3 is 6.18 Å².